The zero-order valence-electron chi connectivity index (χ0n) is 15.4. The van der Waals surface area contributed by atoms with Crippen molar-refractivity contribution in [1.29, 1.82) is 0 Å². The van der Waals surface area contributed by atoms with Gasteiger partial charge in [-0.3, -0.25) is 0 Å². The van der Waals surface area contributed by atoms with Crippen LogP contribution in [0.2, 0.25) is 0 Å². The topological polar surface area (TPSA) is 106 Å². The van der Waals surface area contributed by atoms with Gasteiger partial charge in [-0.05, 0) is 26.7 Å². The third kappa shape index (κ3) is 5.04. The number of amides is 1. The molecule has 2 fully saturated rings. The molecule has 0 unspecified atom stereocenters. The Morgan fingerprint density at radius 2 is 2.04 bits per heavy atom. The van der Waals surface area contributed by atoms with E-state index in [0.717, 1.165) is 31.2 Å². The van der Waals surface area contributed by atoms with Crippen molar-refractivity contribution in [3.63, 3.8) is 0 Å². The van der Waals surface area contributed by atoms with Gasteiger partial charge in [0, 0.05) is 30.4 Å². The maximum absolute atomic E-state index is 11.7. The van der Waals surface area contributed by atoms with E-state index in [1.54, 1.807) is 12.4 Å². The molecule has 2 aliphatic rings. The molecule has 2 heterocycles. The van der Waals surface area contributed by atoms with E-state index in [-0.39, 0.29) is 30.4 Å². The predicted molar refractivity (Wildman–Crippen MR) is 95.8 cm³/mol. The number of nitrogens with zero attached hydrogens (tertiary/aromatic N) is 2. The summed E-state index contributed by atoms with van der Waals surface area (Å²) in [5.74, 6) is 0.516. The molecule has 1 amide bonds. The van der Waals surface area contributed by atoms with Crippen molar-refractivity contribution in [1.82, 2.24) is 15.3 Å². The fourth-order valence-electron chi connectivity index (χ4n) is 3.36. The molecule has 0 aromatic carbocycles. The maximum Gasteiger partial charge on any atom is 0.407 e. The molecule has 4 atom stereocenters. The summed E-state index contributed by atoms with van der Waals surface area (Å²) >= 11 is 0. The second-order valence-electron chi connectivity index (χ2n) is 7.33. The fourth-order valence-corrected chi connectivity index (χ4v) is 3.36. The number of carbonyl (C=O) groups excluding carboxylic acids is 1. The minimum Gasteiger partial charge on any atom is -0.444 e. The van der Waals surface area contributed by atoms with Gasteiger partial charge in [0.1, 0.15) is 6.10 Å². The van der Waals surface area contributed by atoms with Crippen LogP contribution in [-0.4, -0.2) is 52.1 Å². The monoisotopic (exact) mass is 364 g/mol. The molecule has 0 bridgehead atoms. The molecule has 1 saturated carbocycles. The van der Waals surface area contributed by atoms with Crippen LogP contribution >= 0.6 is 0 Å². The minimum atomic E-state index is -0.420. The molecule has 3 N–H and O–H groups in total. The van der Waals surface area contributed by atoms with Gasteiger partial charge in [-0.1, -0.05) is 12.8 Å². The molecule has 1 aliphatic heterocycles. The fraction of sp³-hybridized carbons (Fsp3) is 0.722. The number of ether oxygens (including phenoxy) is 2. The van der Waals surface area contributed by atoms with Crippen LogP contribution in [0.1, 0.15) is 57.6 Å². The summed E-state index contributed by atoms with van der Waals surface area (Å²) in [7, 11) is 0. The van der Waals surface area contributed by atoms with Crippen LogP contribution in [0.4, 0.5) is 10.7 Å². The smallest absolute Gasteiger partial charge is 0.407 e. The zero-order valence-corrected chi connectivity index (χ0v) is 15.4. The Hall–Kier alpha value is -1.93. The SMILES string of the molecule is CC(C)NC(=O)O[C@H]1CO[C@@H](c2cnc(N[C@@H]3CCCC[C@H]3O)nc2)C1. The first-order valence-electron chi connectivity index (χ1n) is 9.36. The van der Waals surface area contributed by atoms with Gasteiger partial charge in [0.05, 0.1) is 24.9 Å². The zero-order chi connectivity index (χ0) is 18.5. The molecule has 8 heteroatoms. The van der Waals surface area contributed by atoms with Crippen LogP contribution < -0.4 is 10.6 Å². The molecular formula is C18H28N4O4. The Labute approximate surface area is 153 Å². The predicted octanol–water partition coefficient (Wildman–Crippen LogP) is 2.16. The molecular weight excluding hydrogens is 336 g/mol. The van der Waals surface area contributed by atoms with Crippen LogP contribution in [0.25, 0.3) is 0 Å². The first kappa shape index (κ1) is 18.8. The van der Waals surface area contributed by atoms with Crippen molar-refractivity contribution in [3.8, 4) is 0 Å². The summed E-state index contributed by atoms with van der Waals surface area (Å²) in [4.78, 5) is 20.4. The van der Waals surface area contributed by atoms with E-state index >= 15 is 0 Å². The van der Waals surface area contributed by atoms with Gasteiger partial charge in [0.2, 0.25) is 5.95 Å². The highest BCUT2D eigenvalue weighted by Crippen LogP contribution is 2.30. The Balaban J connectivity index is 1.50. The van der Waals surface area contributed by atoms with Crippen molar-refractivity contribution >= 4 is 12.0 Å². The van der Waals surface area contributed by atoms with Crippen LogP contribution in [0.3, 0.4) is 0 Å². The summed E-state index contributed by atoms with van der Waals surface area (Å²) in [5.41, 5.74) is 0.857. The molecule has 3 rings (SSSR count). The number of carbonyl (C=O) groups is 1. The van der Waals surface area contributed by atoms with Gasteiger partial charge in [-0.25, -0.2) is 14.8 Å². The first-order chi connectivity index (χ1) is 12.5. The van der Waals surface area contributed by atoms with Crippen molar-refractivity contribution in [2.75, 3.05) is 11.9 Å². The van der Waals surface area contributed by atoms with Gasteiger partial charge < -0.3 is 25.2 Å². The third-order valence-corrected chi connectivity index (χ3v) is 4.73. The van der Waals surface area contributed by atoms with Crippen LogP contribution in [0, 0.1) is 0 Å². The Bertz CT molecular complexity index is 595. The number of nitrogens with one attached hydrogen (secondary N) is 2. The number of aliphatic hydroxyl groups excluding tert-OH is 1. The number of rotatable bonds is 5. The number of anilines is 1. The molecule has 8 nitrogen and oxygen atoms in total. The lowest BCUT2D eigenvalue weighted by molar-refractivity contribution is 0.0690. The normalized spacial score (nSPS) is 28.8. The summed E-state index contributed by atoms with van der Waals surface area (Å²) < 4.78 is 11.1. The van der Waals surface area contributed by atoms with Gasteiger partial charge in [0.25, 0.3) is 0 Å². The standard InChI is InChI=1S/C18H28N4O4/c1-11(2)21-18(24)26-13-7-16(25-10-13)12-8-19-17(20-9-12)22-14-5-3-4-6-15(14)23/h8-9,11,13-16,23H,3-7,10H2,1-2H3,(H,21,24)(H,19,20,22)/t13-,14-,15-,16-/m1/s1. The van der Waals surface area contributed by atoms with E-state index in [4.69, 9.17) is 9.47 Å². The van der Waals surface area contributed by atoms with Gasteiger partial charge in [0.15, 0.2) is 0 Å². The number of hydrogen-bond acceptors (Lipinski definition) is 7. The largest absolute Gasteiger partial charge is 0.444 e. The highest BCUT2D eigenvalue weighted by Gasteiger charge is 2.30. The lowest BCUT2D eigenvalue weighted by Crippen LogP contribution is -2.36. The first-order valence-corrected chi connectivity index (χ1v) is 9.36. The minimum absolute atomic E-state index is 0.00887. The van der Waals surface area contributed by atoms with E-state index in [0.29, 0.717) is 19.0 Å². The van der Waals surface area contributed by atoms with Crippen molar-refractivity contribution in [3.05, 3.63) is 18.0 Å². The molecule has 1 aromatic rings. The van der Waals surface area contributed by atoms with Crippen molar-refractivity contribution in [2.45, 2.75) is 76.3 Å². The summed E-state index contributed by atoms with van der Waals surface area (Å²) in [6.07, 6.45) is 6.74. The third-order valence-electron chi connectivity index (χ3n) is 4.73. The molecule has 1 saturated heterocycles. The highest BCUT2D eigenvalue weighted by molar-refractivity contribution is 5.67. The number of alkyl carbamates (subject to hydrolysis) is 1. The van der Waals surface area contributed by atoms with E-state index in [2.05, 4.69) is 20.6 Å². The second-order valence-corrected chi connectivity index (χ2v) is 7.33. The molecule has 0 spiro atoms. The van der Waals surface area contributed by atoms with E-state index < -0.39 is 6.09 Å². The van der Waals surface area contributed by atoms with Gasteiger partial charge in [-0.15, -0.1) is 0 Å². The molecule has 0 radical (unpaired) electrons. The Morgan fingerprint density at radius 3 is 2.73 bits per heavy atom. The Morgan fingerprint density at radius 1 is 1.31 bits per heavy atom. The summed E-state index contributed by atoms with van der Waals surface area (Å²) in [5, 5.41) is 15.9. The van der Waals surface area contributed by atoms with Crippen LogP contribution in [-0.2, 0) is 9.47 Å². The van der Waals surface area contributed by atoms with Gasteiger partial charge in [-0.2, -0.15) is 0 Å². The number of hydrogen-bond donors (Lipinski definition) is 3. The molecule has 1 aliphatic carbocycles. The average Bonchev–Trinajstić information content (AvgIpc) is 3.05. The highest BCUT2D eigenvalue weighted by atomic mass is 16.6. The second kappa shape index (κ2) is 8.64. The van der Waals surface area contributed by atoms with E-state index in [1.807, 2.05) is 13.8 Å². The van der Waals surface area contributed by atoms with Crippen molar-refractivity contribution < 1.29 is 19.4 Å². The number of aliphatic hydroxyl groups is 1. The van der Waals surface area contributed by atoms with Crippen LogP contribution in [0.5, 0.6) is 0 Å². The summed E-state index contributed by atoms with van der Waals surface area (Å²) in [6, 6.07) is 0.0475. The quantitative estimate of drug-likeness (QED) is 0.735. The number of aromatic nitrogens is 2. The average molecular weight is 364 g/mol. The van der Waals surface area contributed by atoms with Crippen molar-refractivity contribution in [2.24, 2.45) is 0 Å². The molecule has 1 aromatic heterocycles. The molecule has 26 heavy (non-hydrogen) atoms. The van der Waals surface area contributed by atoms with Gasteiger partial charge >= 0.3 is 6.09 Å². The molecule has 144 valence electrons. The van der Waals surface area contributed by atoms with E-state index in [9.17, 15) is 9.90 Å². The van der Waals surface area contributed by atoms with Crippen LogP contribution in [0.15, 0.2) is 12.4 Å². The van der Waals surface area contributed by atoms with E-state index in [1.165, 1.54) is 0 Å². The lowest BCUT2D eigenvalue weighted by atomic mass is 9.93. The summed E-state index contributed by atoms with van der Waals surface area (Å²) in [6.45, 7) is 4.13. The maximum atomic E-state index is 11.7. The lowest BCUT2D eigenvalue weighted by Gasteiger charge is -2.28. The Kier molecular flexibility index (Phi) is 6.26.